The maximum absolute atomic E-state index is 12.8. The number of imidazole rings is 1. The number of aromatic nitrogens is 2. The minimum atomic E-state index is -0.304. The normalized spacial score (nSPS) is 11.0. The van der Waals surface area contributed by atoms with Crippen LogP contribution in [0.25, 0.3) is 5.52 Å². The molecule has 0 fully saturated rings. The molecule has 7 nitrogen and oxygen atoms in total. The number of rotatable bonds is 8. The molecule has 1 aromatic carbocycles. The van der Waals surface area contributed by atoms with Crippen LogP contribution in [0.4, 0.5) is 0 Å². The molecule has 29 heavy (non-hydrogen) atoms. The average Bonchev–Trinajstić information content (AvgIpc) is 3.09. The number of benzene rings is 1. The Kier molecular flexibility index (Phi) is 6.61. The predicted molar refractivity (Wildman–Crippen MR) is 113 cm³/mol. The van der Waals surface area contributed by atoms with Crippen molar-refractivity contribution >= 4 is 17.3 Å². The number of hydrogen-bond donors (Lipinski definition) is 2. The highest BCUT2D eigenvalue weighted by Gasteiger charge is 2.21. The standard InChI is InChI=1S/C22H27N5O2/c1-16-8-6-9-17(14-16)15-24-21(28)19-18-10-4-5-13-27(18)20(25-19)22(29)23-11-7-12-26(2)3/h4-6,8-10,13-14H,7,11-12,15H2,1-3H3,(H,23,29)(H,24,28). The molecule has 2 aromatic heterocycles. The van der Waals surface area contributed by atoms with Crippen LogP contribution >= 0.6 is 0 Å². The summed E-state index contributed by atoms with van der Waals surface area (Å²) in [6.07, 6.45) is 2.58. The van der Waals surface area contributed by atoms with Crippen LogP contribution in [0, 0.1) is 6.92 Å². The van der Waals surface area contributed by atoms with Gasteiger partial charge in [0.15, 0.2) is 5.69 Å². The number of carbonyl (C=O) groups excluding carboxylic acids is 2. The first-order chi connectivity index (χ1) is 14.0. The lowest BCUT2D eigenvalue weighted by Gasteiger charge is -2.09. The van der Waals surface area contributed by atoms with Crippen LogP contribution in [0.15, 0.2) is 48.7 Å². The van der Waals surface area contributed by atoms with Crippen molar-refractivity contribution < 1.29 is 9.59 Å². The smallest absolute Gasteiger partial charge is 0.287 e. The molecule has 2 heterocycles. The van der Waals surface area contributed by atoms with Gasteiger partial charge in [0.25, 0.3) is 11.8 Å². The van der Waals surface area contributed by atoms with Gasteiger partial charge in [-0.2, -0.15) is 0 Å². The van der Waals surface area contributed by atoms with Crippen LogP contribution in [0.5, 0.6) is 0 Å². The lowest BCUT2D eigenvalue weighted by atomic mass is 10.1. The summed E-state index contributed by atoms with van der Waals surface area (Å²) in [5, 5.41) is 5.78. The molecule has 0 bridgehead atoms. The van der Waals surface area contributed by atoms with Crippen molar-refractivity contribution in [1.29, 1.82) is 0 Å². The molecule has 3 rings (SSSR count). The Hall–Kier alpha value is -3.19. The van der Waals surface area contributed by atoms with Crippen LogP contribution in [-0.2, 0) is 6.54 Å². The number of aryl methyl sites for hydroxylation is 1. The Labute approximate surface area is 170 Å². The summed E-state index contributed by atoms with van der Waals surface area (Å²) in [5.41, 5.74) is 3.00. The van der Waals surface area contributed by atoms with E-state index >= 15 is 0 Å². The summed E-state index contributed by atoms with van der Waals surface area (Å²) in [5.74, 6) is -0.379. The summed E-state index contributed by atoms with van der Waals surface area (Å²) in [6, 6.07) is 13.4. The topological polar surface area (TPSA) is 78.7 Å². The largest absolute Gasteiger partial charge is 0.349 e. The van der Waals surface area contributed by atoms with Gasteiger partial charge in [-0.15, -0.1) is 0 Å². The van der Waals surface area contributed by atoms with E-state index in [4.69, 9.17) is 0 Å². The fourth-order valence-corrected chi connectivity index (χ4v) is 3.13. The van der Waals surface area contributed by atoms with Gasteiger partial charge in [-0.25, -0.2) is 4.98 Å². The monoisotopic (exact) mass is 393 g/mol. The number of hydrogen-bond acceptors (Lipinski definition) is 4. The molecule has 0 aliphatic heterocycles. The first-order valence-corrected chi connectivity index (χ1v) is 9.69. The van der Waals surface area contributed by atoms with Crippen LogP contribution in [0.1, 0.15) is 38.7 Å². The van der Waals surface area contributed by atoms with Crippen molar-refractivity contribution in [3.63, 3.8) is 0 Å². The minimum Gasteiger partial charge on any atom is -0.349 e. The zero-order chi connectivity index (χ0) is 20.8. The predicted octanol–water partition coefficient (Wildman–Crippen LogP) is 2.25. The third-order valence-electron chi connectivity index (χ3n) is 4.57. The van der Waals surface area contributed by atoms with Gasteiger partial charge in [0.05, 0.1) is 5.52 Å². The molecule has 7 heteroatoms. The molecule has 0 unspecified atom stereocenters. The molecular weight excluding hydrogens is 366 g/mol. The van der Waals surface area contributed by atoms with E-state index in [1.807, 2.05) is 57.4 Å². The van der Waals surface area contributed by atoms with Crippen molar-refractivity contribution in [3.05, 3.63) is 71.3 Å². The molecule has 2 N–H and O–H groups in total. The lowest BCUT2D eigenvalue weighted by Crippen LogP contribution is -2.29. The molecule has 3 aromatic rings. The van der Waals surface area contributed by atoms with Gasteiger partial charge in [0, 0.05) is 19.3 Å². The van der Waals surface area contributed by atoms with E-state index in [1.54, 1.807) is 16.7 Å². The summed E-state index contributed by atoms with van der Waals surface area (Å²) in [7, 11) is 3.98. The van der Waals surface area contributed by atoms with Crippen molar-refractivity contribution in [2.75, 3.05) is 27.2 Å². The Balaban J connectivity index is 1.74. The second kappa shape index (κ2) is 9.34. The highest BCUT2D eigenvalue weighted by molar-refractivity contribution is 6.02. The SMILES string of the molecule is Cc1cccc(CNC(=O)c2nc(C(=O)NCCCN(C)C)n3ccccc23)c1. The van der Waals surface area contributed by atoms with E-state index in [9.17, 15) is 9.59 Å². The second-order valence-electron chi connectivity index (χ2n) is 7.32. The van der Waals surface area contributed by atoms with Crippen molar-refractivity contribution in [1.82, 2.24) is 24.9 Å². The van der Waals surface area contributed by atoms with Crippen LogP contribution < -0.4 is 10.6 Å². The van der Waals surface area contributed by atoms with Crippen molar-refractivity contribution in [3.8, 4) is 0 Å². The molecule has 0 radical (unpaired) electrons. The highest BCUT2D eigenvalue weighted by atomic mass is 16.2. The number of carbonyl (C=O) groups is 2. The van der Waals surface area contributed by atoms with Gasteiger partial charge in [-0.3, -0.25) is 14.0 Å². The van der Waals surface area contributed by atoms with E-state index in [1.165, 1.54) is 0 Å². The Morgan fingerprint density at radius 1 is 1.07 bits per heavy atom. The number of amides is 2. The Morgan fingerprint density at radius 3 is 2.66 bits per heavy atom. The zero-order valence-corrected chi connectivity index (χ0v) is 17.1. The van der Waals surface area contributed by atoms with Crippen LogP contribution in [0.3, 0.4) is 0 Å². The van der Waals surface area contributed by atoms with E-state index in [0.717, 1.165) is 24.1 Å². The third-order valence-corrected chi connectivity index (χ3v) is 4.57. The maximum Gasteiger partial charge on any atom is 0.287 e. The number of nitrogens with one attached hydrogen (secondary N) is 2. The van der Waals surface area contributed by atoms with Gasteiger partial charge in [-0.05, 0) is 51.7 Å². The van der Waals surface area contributed by atoms with E-state index in [2.05, 4.69) is 20.5 Å². The summed E-state index contributed by atoms with van der Waals surface area (Å²) in [6.45, 7) is 3.85. The van der Waals surface area contributed by atoms with E-state index < -0.39 is 0 Å². The maximum atomic E-state index is 12.8. The van der Waals surface area contributed by atoms with Crippen molar-refractivity contribution in [2.24, 2.45) is 0 Å². The van der Waals surface area contributed by atoms with E-state index in [0.29, 0.717) is 18.6 Å². The van der Waals surface area contributed by atoms with Crippen LogP contribution in [-0.4, -0.2) is 53.3 Å². The van der Waals surface area contributed by atoms with Gasteiger partial charge < -0.3 is 15.5 Å². The Morgan fingerprint density at radius 2 is 1.90 bits per heavy atom. The molecule has 2 amide bonds. The summed E-state index contributed by atoms with van der Waals surface area (Å²) >= 11 is 0. The molecular formula is C22H27N5O2. The molecule has 0 spiro atoms. The second-order valence-corrected chi connectivity index (χ2v) is 7.32. The lowest BCUT2D eigenvalue weighted by molar-refractivity contribution is 0.0941. The molecule has 0 atom stereocenters. The summed E-state index contributed by atoms with van der Waals surface area (Å²) in [4.78, 5) is 31.8. The molecule has 0 aliphatic carbocycles. The van der Waals surface area contributed by atoms with Gasteiger partial charge >= 0.3 is 0 Å². The fourth-order valence-electron chi connectivity index (χ4n) is 3.13. The van der Waals surface area contributed by atoms with Crippen molar-refractivity contribution in [2.45, 2.75) is 19.9 Å². The highest BCUT2D eigenvalue weighted by Crippen LogP contribution is 2.14. The Bertz CT molecular complexity index is 1010. The molecule has 0 saturated carbocycles. The molecule has 152 valence electrons. The zero-order valence-electron chi connectivity index (χ0n) is 17.1. The number of fused-ring (bicyclic) bond motifs is 1. The van der Waals surface area contributed by atoms with Gasteiger partial charge in [-0.1, -0.05) is 35.9 Å². The van der Waals surface area contributed by atoms with Crippen LogP contribution in [0.2, 0.25) is 0 Å². The van der Waals surface area contributed by atoms with Gasteiger partial charge in [0.2, 0.25) is 5.82 Å². The molecule has 0 saturated heterocycles. The third kappa shape index (κ3) is 5.20. The fraction of sp³-hybridized carbons (Fsp3) is 0.318. The minimum absolute atomic E-state index is 0.214. The summed E-state index contributed by atoms with van der Waals surface area (Å²) < 4.78 is 1.66. The first kappa shape index (κ1) is 20.5. The molecule has 0 aliphatic rings. The average molecular weight is 393 g/mol. The van der Waals surface area contributed by atoms with E-state index in [-0.39, 0.29) is 23.3 Å². The number of pyridine rings is 1. The first-order valence-electron chi connectivity index (χ1n) is 9.69. The number of nitrogens with zero attached hydrogens (tertiary/aromatic N) is 3. The van der Waals surface area contributed by atoms with Gasteiger partial charge in [0.1, 0.15) is 0 Å². The quantitative estimate of drug-likeness (QED) is 0.576.